The van der Waals surface area contributed by atoms with Crippen molar-refractivity contribution in [2.75, 3.05) is 13.2 Å². The molecule has 1 aliphatic carbocycles. The molecule has 0 bridgehead atoms. The molecule has 1 fully saturated rings. The second kappa shape index (κ2) is 36.2. The summed E-state index contributed by atoms with van der Waals surface area (Å²) in [5, 5.41) is 31.5. The van der Waals surface area contributed by atoms with Crippen LogP contribution in [0.2, 0.25) is 0 Å². The Labute approximate surface area is 367 Å². The number of unbranched alkanes of at least 4 members (excludes halogenated alkanes) is 20. The van der Waals surface area contributed by atoms with Crippen LogP contribution in [0.15, 0.2) is 0 Å². The first-order valence-corrected chi connectivity index (χ1v) is 25.7. The third kappa shape index (κ3) is 31.8. The third-order valence-electron chi connectivity index (χ3n) is 9.90. The van der Waals surface area contributed by atoms with Gasteiger partial charge in [0.25, 0.3) is 23.5 Å². The van der Waals surface area contributed by atoms with Gasteiger partial charge in [-0.25, -0.2) is 0 Å². The Bertz CT molecular complexity index is 1300. The van der Waals surface area contributed by atoms with Gasteiger partial charge in [0.2, 0.25) is 0 Å². The molecule has 3 unspecified atom stereocenters. The van der Waals surface area contributed by atoms with Crippen LogP contribution in [0.25, 0.3) is 0 Å². The maximum atomic E-state index is 12.9. The van der Waals surface area contributed by atoms with Gasteiger partial charge < -0.3 is 85.8 Å². The van der Waals surface area contributed by atoms with Crippen molar-refractivity contribution in [1.29, 1.82) is 0 Å². The third-order valence-corrected chi connectivity index (χ3v) is 11.9. The molecule has 0 spiro atoms. The first-order valence-electron chi connectivity index (χ1n) is 21.3. The highest BCUT2D eigenvalue weighted by atomic mass is 31.2. The standard InChI is InChI=1S/C37H73O19P3.3H3N/c1-3-5-7-9-11-13-15-17-19-21-23-25-30(38)51-27-29(53-31(39)26-24-22-20-18-16-14-12-10-8-6-4-2)28-52-59(49,50)56-35-32(40)33(41)36(54-57(43,44)45)37(34(35)42)55-58(46,47)48;;;/h29,32-37,40-42H,3-28H2,1-2H3,(H,49,50)(H2,43,44,45)(H2,46,47,48);3*1H3/t29-,32-,33+,34+,35-,36-,37-;;;/m1.../s1. The zero-order chi connectivity index (χ0) is 44.3. The fourth-order valence-electron chi connectivity index (χ4n) is 6.68. The molecule has 0 aliphatic heterocycles. The van der Waals surface area contributed by atoms with Gasteiger partial charge in [-0.15, -0.1) is 0 Å². The summed E-state index contributed by atoms with van der Waals surface area (Å²) in [6.45, 7) is 2.76. The fraction of sp³-hybridized carbons (Fsp3) is 0.946. The number of rotatable bonds is 36. The first kappa shape index (κ1) is 65.3. The van der Waals surface area contributed by atoms with E-state index in [4.69, 9.17) is 28.3 Å². The Balaban J connectivity index is -0.0000116. The van der Waals surface area contributed by atoms with Crippen molar-refractivity contribution in [2.24, 2.45) is 0 Å². The number of carbonyl (C=O) groups is 2. The number of aliphatic hydroxyl groups is 3. The summed E-state index contributed by atoms with van der Waals surface area (Å²) in [6, 6.07) is 0. The highest BCUT2D eigenvalue weighted by Crippen LogP contribution is 2.48. The minimum atomic E-state index is -5.88. The van der Waals surface area contributed by atoms with Gasteiger partial charge in [-0.3, -0.25) is 23.3 Å². The lowest BCUT2D eigenvalue weighted by molar-refractivity contribution is -0.280. The van der Waals surface area contributed by atoms with Crippen LogP contribution in [0, 0.1) is 0 Å². The topological polar surface area (TPSA) is 421 Å². The molecule has 374 valence electrons. The molecular weight excluding hydrogens is 883 g/mol. The van der Waals surface area contributed by atoms with Gasteiger partial charge in [-0.2, -0.15) is 0 Å². The van der Waals surface area contributed by atoms with Gasteiger partial charge in [-0.05, 0) is 12.8 Å². The molecule has 17 N–H and O–H groups in total. The van der Waals surface area contributed by atoms with Crippen LogP contribution in [0.3, 0.4) is 0 Å². The smallest absolute Gasteiger partial charge is 0.306 e. The van der Waals surface area contributed by atoms with E-state index >= 15 is 0 Å². The van der Waals surface area contributed by atoms with Crippen molar-refractivity contribution >= 4 is 35.4 Å². The molecule has 0 saturated heterocycles. The van der Waals surface area contributed by atoms with Gasteiger partial charge in [0.05, 0.1) is 6.61 Å². The second-order valence-electron chi connectivity index (χ2n) is 15.2. The van der Waals surface area contributed by atoms with Crippen molar-refractivity contribution in [1.82, 2.24) is 18.5 Å². The van der Waals surface area contributed by atoms with Crippen LogP contribution < -0.4 is 33.1 Å². The molecule has 1 rings (SSSR count). The molecule has 10 atom stereocenters. The van der Waals surface area contributed by atoms with E-state index in [0.29, 0.717) is 12.8 Å². The Morgan fingerprint density at radius 2 is 0.839 bits per heavy atom. The van der Waals surface area contributed by atoms with E-state index < -0.39 is 91.3 Å². The molecule has 22 nitrogen and oxygen atoms in total. The van der Waals surface area contributed by atoms with Crippen molar-refractivity contribution < 1.29 is 90.6 Å². The molecule has 0 aromatic rings. The Morgan fingerprint density at radius 1 is 0.500 bits per heavy atom. The summed E-state index contributed by atoms with van der Waals surface area (Å²) in [5.74, 6) is -1.35. The Hall–Kier alpha value is -0.970. The predicted molar refractivity (Wildman–Crippen MR) is 227 cm³/mol. The Kier molecular flexibility index (Phi) is 38.1. The highest BCUT2D eigenvalue weighted by molar-refractivity contribution is 7.46. The normalized spacial score (nSPS) is 23.3. The van der Waals surface area contributed by atoms with Crippen LogP contribution in [-0.2, 0) is 50.9 Å². The molecule has 0 amide bonds. The van der Waals surface area contributed by atoms with Crippen LogP contribution in [-0.4, -0.2) is 93.0 Å². The summed E-state index contributed by atoms with van der Waals surface area (Å²) in [6.07, 6.45) is 6.35. The number of hydrogen-bond donors (Lipinski definition) is 8. The lowest BCUT2D eigenvalue weighted by Crippen LogP contribution is -2.65. The average molecular weight is 966 g/mol. The zero-order valence-corrected chi connectivity index (χ0v) is 40.4. The van der Waals surface area contributed by atoms with E-state index in [1.165, 1.54) is 70.6 Å². The Morgan fingerprint density at radius 3 is 1.23 bits per heavy atom. The first-order chi connectivity index (χ1) is 27.8. The summed E-state index contributed by atoms with van der Waals surface area (Å²) < 4.78 is 64.1. The van der Waals surface area contributed by atoms with E-state index in [1.54, 1.807) is 0 Å². The summed E-state index contributed by atoms with van der Waals surface area (Å²) >= 11 is 0. The number of aliphatic hydroxyl groups excluding tert-OH is 3. The van der Waals surface area contributed by atoms with E-state index in [2.05, 4.69) is 22.9 Å². The lowest BCUT2D eigenvalue weighted by atomic mass is 9.85. The minimum Gasteiger partial charge on any atom is -0.756 e. The predicted octanol–water partition coefficient (Wildman–Crippen LogP) is 5.63. The SMILES string of the molecule is CCCCCCCCCCCCCC(=O)OC[C@H](COP(=O)([O-])O[C@@H]1[C@H](O)[C@H](O)[C@@H](OP(=O)([O-])O)[C@H](OP(=O)([O-])O)[C@H]1O)OC(=O)CCCCCCCCCCCCC.[NH4+].[NH4+].[NH4+]. The summed E-state index contributed by atoms with van der Waals surface area (Å²) in [7, 11) is -17.4. The number of phosphoric ester groups is 3. The maximum absolute atomic E-state index is 12.9. The van der Waals surface area contributed by atoms with Gasteiger partial charge in [0.15, 0.2) is 6.10 Å². The largest absolute Gasteiger partial charge is 0.756 e. The number of quaternary nitrogens is 3. The molecule has 0 heterocycles. The zero-order valence-electron chi connectivity index (χ0n) is 37.7. The fourth-order valence-corrected chi connectivity index (χ4v) is 8.75. The molecule has 0 radical (unpaired) electrons. The van der Waals surface area contributed by atoms with Gasteiger partial charge in [0, 0.05) is 12.8 Å². The molecule has 0 aromatic carbocycles. The van der Waals surface area contributed by atoms with E-state index in [9.17, 15) is 53.3 Å². The van der Waals surface area contributed by atoms with Crippen molar-refractivity contribution in [2.45, 2.75) is 211 Å². The maximum Gasteiger partial charge on any atom is 0.306 e. The van der Waals surface area contributed by atoms with Crippen molar-refractivity contribution in [3.63, 3.8) is 0 Å². The van der Waals surface area contributed by atoms with Crippen molar-refractivity contribution in [3.8, 4) is 0 Å². The van der Waals surface area contributed by atoms with Crippen LogP contribution >= 0.6 is 23.5 Å². The molecule has 25 heteroatoms. The van der Waals surface area contributed by atoms with Crippen LogP contribution in [0.4, 0.5) is 0 Å². The number of esters is 2. The van der Waals surface area contributed by atoms with Gasteiger partial charge in [0.1, 0.15) is 43.2 Å². The average Bonchev–Trinajstić information content (AvgIpc) is 3.15. The molecule has 1 saturated carbocycles. The van der Waals surface area contributed by atoms with Crippen LogP contribution in [0.5, 0.6) is 0 Å². The number of phosphoric acid groups is 3. The number of ether oxygens (including phenoxy) is 2. The van der Waals surface area contributed by atoms with E-state index in [0.717, 1.165) is 57.8 Å². The molecular formula is C37H82N3O19P3. The molecule has 1 aliphatic rings. The summed E-state index contributed by atoms with van der Waals surface area (Å²) in [5.41, 5.74) is 0. The van der Waals surface area contributed by atoms with Gasteiger partial charge >= 0.3 is 11.9 Å². The number of carbonyl (C=O) groups excluding carboxylic acids is 2. The van der Waals surface area contributed by atoms with E-state index in [-0.39, 0.29) is 31.3 Å². The minimum absolute atomic E-state index is 0. The van der Waals surface area contributed by atoms with Gasteiger partial charge in [-0.1, -0.05) is 142 Å². The quantitative estimate of drug-likeness (QED) is 0.0214. The summed E-state index contributed by atoms with van der Waals surface area (Å²) in [4.78, 5) is 79.1. The molecule has 62 heavy (non-hydrogen) atoms. The second-order valence-corrected chi connectivity index (χ2v) is 18.9. The number of hydrogen-bond acceptors (Lipinski definition) is 17. The van der Waals surface area contributed by atoms with Crippen molar-refractivity contribution in [3.05, 3.63) is 0 Å². The van der Waals surface area contributed by atoms with Crippen LogP contribution in [0.1, 0.15) is 168 Å². The lowest BCUT2D eigenvalue weighted by Gasteiger charge is -2.47. The van der Waals surface area contributed by atoms with E-state index in [1.807, 2.05) is 0 Å². The molecule has 0 aromatic heterocycles. The highest BCUT2D eigenvalue weighted by Gasteiger charge is 2.54. The monoisotopic (exact) mass is 965 g/mol.